The molecule has 134 valence electrons. The zero-order valence-corrected chi connectivity index (χ0v) is 14.6. The summed E-state index contributed by atoms with van der Waals surface area (Å²) in [5, 5.41) is 5.86. The fourth-order valence-corrected chi connectivity index (χ4v) is 3.01. The van der Waals surface area contributed by atoms with Gasteiger partial charge in [0, 0.05) is 18.3 Å². The van der Waals surface area contributed by atoms with Crippen LogP contribution in [0.1, 0.15) is 18.5 Å². The molecule has 2 heterocycles. The van der Waals surface area contributed by atoms with Gasteiger partial charge in [-0.15, -0.1) is 0 Å². The number of carbonyl (C=O) groups is 2. The molecule has 2 N–H and O–H groups in total. The highest BCUT2D eigenvalue weighted by atomic mass is 35.5. The Kier molecular flexibility index (Phi) is 4.38. The third-order valence-corrected chi connectivity index (χ3v) is 4.56. The lowest BCUT2D eigenvalue weighted by atomic mass is 10.2. The third-order valence-electron chi connectivity index (χ3n) is 4.25. The molecule has 0 radical (unpaired) electrons. The van der Waals surface area contributed by atoms with Crippen LogP contribution in [0.3, 0.4) is 0 Å². The van der Waals surface area contributed by atoms with Crippen molar-refractivity contribution in [3.63, 3.8) is 0 Å². The predicted octanol–water partition coefficient (Wildman–Crippen LogP) is 3.26. The molecule has 3 amide bonds. The Balaban J connectivity index is 1.52. The molecule has 1 saturated carbocycles. The number of nitrogens with zero attached hydrogens (tertiary/aromatic N) is 2. The smallest absolute Gasteiger partial charge is 0.322 e. The SMILES string of the molecule is O=C1COc2cc(NC(=O)N(Cc3ccccn3)C3CC3)c(Cl)cc2N1. The zero-order valence-electron chi connectivity index (χ0n) is 13.9. The lowest BCUT2D eigenvalue weighted by molar-refractivity contribution is -0.118. The summed E-state index contributed by atoms with van der Waals surface area (Å²) in [6.45, 7) is 0.377. The van der Waals surface area contributed by atoms with E-state index in [-0.39, 0.29) is 24.6 Å². The van der Waals surface area contributed by atoms with Gasteiger partial charge >= 0.3 is 6.03 Å². The Morgan fingerprint density at radius 3 is 2.96 bits per heavy atom. The summed E-state index contributed by atoms with van der Waals surface area (Å²) in [6, 6.07) is 8.81. The molecule has 1 aromatic heterocycles. The maximum Gasteiger partial charge on any atom is 0.322 e. The van der Waals surface area contributed by atoms with Crippen LogP contribution >= 0.6 is 11.6 Å². The first-order chi connectivity index (χ1) is 12.6. The van der Waals surface area contributed by atoms with Crippen LogP contribution in [0.15, 0.2) is 36.5 Å². The van der Waals surface area contributed by atoms with E-state index < -0.39 is 0 Å². The molecule has 26 heavy (non-hydrogen) atoms. The predicted molar refractivity (Wildman–Crippen MR) is 97.4 cm³/mol. The Bertz CT molecular complexity index is 855. The number of carbonyl (C=O) groups excluding carboxylic acids is 2. The fraction of sp³-hybridized carbons (Fsp3) is 0.278. The van der Waals surface area contributed by atoms with Crippen molar-refractivity contribution in [2.75, 3.05) is 17.2 Å². The highest BCUT2D eigenvalue weighted by Gasteiger charge is 2.33. The Morgan fingerprint density at radius 1 is 1.38 bits per heavy atom. The Morgan fingerprint density at radius 2 is 2.23 bits per heavy atom. The van der Waals surface area contributed by atoms with Gasteiger partial charge in [-0.3, -0.25) is 9.78 Å². The molecule has 4 rings (SSSR count). The van der Waals surface area contributed by atoms with Gasteiger partial charge < -0.3 is 20.3 Å². The first-order valence-corrected chi connectivity index (χ1v) is 8.71. The van der Waals surface area contributed by atoms with Crippen molar-refractivity contribution < 1.29 is 14.3 Å². The molecule has 2 aromatic rings. The maximum absolute atomic E-state index is 12.8. The van der Waals surface area contributed by atoms with E-state index in [1.54, 1.807) is 23.2 Å². The topological polar surface area (TPSA) is 83.6 Å². The van der Waals surface area contributed by atoms with Crippen LogP contribution in [0, 0.1) is 0 Å². The van der Waals surface area contributed by atoms with Gasteiger partial charge in [0.15, 0.2) is 6.61 Å². The number of benzene rings is 1. The second-order valence-electron chi connectivity index (χ2n) is 6.28. The maximum atomic E-state index is 12.8. The van der Waals surface area contributed by atoms with Crippen molar-refractivity contribution in [2.45, 2.75) is 25.4 Å². The van der Waals surface area contributed by atoms with Crippen molar-refractivity contribution >= 4 is 34.9 Å². The van der Waals surface area contributed by atoms with E-state index in [0.29, 0.717) is 28.7 Å². The van der Waals surface area contributed by atoms with E-state index in [4.69, 9.17) is 16.3 Å². The van der Waals surface area contributed by atoms with Crippen LogP contribution in [0.4, 0.5) is 16.2 Å². The standard InChI is InChI=1S/C18H17ClN4O3/c19-13-7-15-16(26-10-17(24)21-15)8-14(13)22-18(25)23(12-4-5-12)9-11-3-1-2-6-20-11/h1-3,6-8,12H,4-5,9-10H2,(H,21,24)(H,22,25). The second kappa shape index (κ2) is 6.84. The number of rotatable bonds is 4. The molecule has 1 aliphatic heterocycles. The van der Waals surface area contributed by atoms with Crippen LogP contribution in [0.5, 0.6) is 5.75 Å². The second-order valence-corrected chi connectivity index (χ2v) is 6.68. The molecule has 1 aliphatic carbocycles. The third kappa shape index (κ3) is 3.57. The summed E-state index contributed by atoms with van der Waals surface area (Å²) < 4.78 is 5.38. The van der Waals surface area contributed by atoms with Crippen LogP contribution in [-0.4, -0.2) is 34.5 Å². The van der Waals surface area contributed by atoms with Crippen LogP contribution < -0.4 is 15.4 Å². The minimum Gasteiger partial charge on any atom is -0.482 e. The van der Waals surface area contributed by atoms with Crippen LogP contribution in [-0.2, 0) is 11.3 Å². The molecule has 2 aliphatic rings. The number of nitrogens with one attached hydrogen (secondary N) is 2. The van der Waals surface area contributed by atoms with Crippen molar-refractivity contribution in [3.05, 3.63) is 47.2 Å². The number of urea groups is 1. The monoisotopic (exact) mass is 372 g/mol. The van der Waals surface area contributed by atoms with Gasteiger partial charge in [-0.2, -0.15) is 0 Å². The summed E-state index contributed by atoms with van der Waals surface area (Å²) in [5.74, 6) is 0.243. The van der Waals surface area contributed by atoms with E-state index in [1.165, 1.54) is 0 Å². The number of amides is 3. The lowest BCUT2D eigenvalue weighted by Gasteiger charge is -2.24. The first kappa shape index (κ1) is 16.7. The average Bonchev–Trinajstić information content (AvgIpc) is 3.46. The van der Waals surface area contributed by atoms with Gasteiger partial charge in [-0.25, -0.2) is 4.79 Å². The van der Waals surface area contributed by atoms with Crippen molar-refractivity contribution in [1.29, 1.82) is 0 Å². The lowest BCUT2D eigenvalue weighted by Crippen LogP contribution is -2.36. The molecule has 1 aromatic carbocycles. The number of anilines is 2. The number of halogens is 1. The van der Waals surface area contributed by atoms with Crippen LogP contribution in [0.25, 0.3) is 0 Å². The average molecular weight is 373 g/mol. The zero-order chi connectivity index (χ0) is 18.1. The normalized spacial score (nSPS) is 15.5. The van der Waals surface area contributed by atoms with Gasteiger partial charge in [0.25, 0.3) is 5.91 Å². The molecule has 0 atom stereocenters. The quantitative estimate of drug-likeness (QED) is 0.862. The summed E-state index contributed by atoms with van der Waals surface area (Å²) >= 11 is 6.26. The number of fused-ring (bicyclic) bond motifs is 1. The highest BCUT2D eigenvalue weighted by Crippen LogP contribution is 2.37. The molecule has 8 heteroatoms. The van der Waals surface area contributed by atoms with E-state index in [2.05, 4.69) is 15.6 Å². The van der Waals surface area contributed by atoms with Gasteiger partial charge in [-0.05, 0) is 31.0 Å². The van der Waals surface area contributed by atoms with Gasteiger partial charge in [-0.1, -0.05) is 17.7 Å². The largest absolute Gasteiger partial charge is 0.482 e. The van der Waals surface area contributed by atoms with E-state index >= 15 is 0 Å². The van der Waals surface area contributed by atoms with Gasteiger partial charge in [0.05, 0.1) is 28.6 Å². The Hall–Kier alpha value is -2.80. The number of pyridine rings is 1. The van der Waals surface area contributed by atoms with Crippen molar-refractivity contribution in [1.82, 2.24) is 9.88 Å². The molecule has 0 bridgehead atoms. The summed E-state index contributed by atoms with van der Waals surface area (Å²) in [7, 11) is 0. The summed E-state index contributed by atoms with van der Waals surface area (Å²) in [4.78, 5) is 30.2. The number of hydrogen-bond donors (Lipinski definition) is 2. The minimum atomic E-state index is -0.236. The molecule has 0 spiro atoms. The van der Waals surface area contributed by atoms with Crippen molar-refractivity contribution in [3.8, 4) is 5.75 Å². The van der Waals surface area contributed by atoms with Crippen LogP contribution in [0.2, 0.25) is 5.02 Å². The number of ether oxygens (including phenoxy) is 1. The van der Waals surface area contributed by atoms with Gasteiger partial charge in [0.2, 0.25) is 0 Å². The molecule has 0 unspecified atom stereocenters. The number of hydrogen-bond acceptors (Lipinski definition) is 4. The first-order valence-electron chi connectivity index (χ1n) is 8.34. The van der Waals surface area contributed by atoms with E-state index in [0.717, 1.165) is 18.5 Å². The van der Waals surface area contributed by atoms with E-state index in [1.807, 2.05) is 18.2 Å². The molecular weight excluding hydrogens is 356 g/mol. The Labute approximate surface area is 155 Å². The molecule has 0 saturated heterocycles. The summed E-state index contributed by atoms with van der Waals surface area (Å²) in [6.07, 6.45) is 3.67. The van der Waals surface area contributed by atoms with E-state index in [9.17, 15) is 9.59 Å². The molecular formula is C18H17ClN4O3. The molecule has 7 nitrogen and oxygen atoms in total. The van der Waals surface area contributed by atoms with Gasteiger partial charge in [0.1, 0.15) is 5.75 Å². The number of aromatic nitrogens is 1. The fourth-order valence-electron chi connectivity index (χ4n) is 2.80. The summed E-state index contributed by atoms with van der Waals surface area (Å²) in [5.41, 5.74) is 1.77. The highest BCUT2D eigenvalue weighted by molar-refractivity contribution is 6.34. The molecule has 1 fully saturated rings. The van der Waals surface area contributed by atoms with Crippen molar-refractivity contribution in [2.24, 2.45) is 0 Å². The minimum absolute atomic E-state index is 0.0596.